The van der Waals surface area contributed by atoms with Crippen molar-refractivity contribution in [2.24, 2.45) is 5.92 Å². The molecular weight excluding hydrogens is 278 g/mol. The predicted molar refractivity (Wildman–Crippen MR) is 76.8 cm³/mol. The third kappa shape index (κ3) is 4.06. The smallest absolute Gasteiger partial charge is 0.387 e. The Morgan fingerprint density at radius 3 is 2.90 bits per heavy atom. The SMILES string of the molecule is Cc1c(NC(=O)N2CCCC(C)C2)cccc1OC(F)F. The zero-order valence-electron chi connectivity index (χ0n) is 12.2. The lowest BCUT2D eigenvalue weighted by atomic mass is 10.0. The van der Waals surface area contributed by atoms with Crippen LogP contribution in [0.4, 0.5) is 19.3 Å². The monoisotopic (exact) mass is 298 g/mol. The number of likely N-dealkylation sites (tertiary alicyclic amines) is 1. The number of hydrogen-bond donors (Lipinski definition) is 1. The van der Waals surface area contributed by atoms with E-state index in [1.54, 1.807) is 24.0 Å². The standard InChI is InChI=1S/C15H20F2N2O2/c1-10-5-4-8-19(9-10)15(20)18-12-6-3-7-13(11(12)2)21-14(16)17/h3,6-7,10,14H,4-5,8-9H2,1-2H3,(H,18,20). The van der Waals surface area contributed by atoms with Crippen LogP contribution in [0.2, 0.25) is 0 Å². The third-order valence-corrected chi connectivity index (χ3v) is 3.69. The molecule has 1 atom stereocenters. The first-order valence-corrected chi connectivity index (χ1v) is 7.07. The fourth-order valence-corrected chi connectivity index (χ4v) is 2.54. The molecular formula is C15H20F2N2O2. The molecule has 1 unspecified atom stereocenters. The molecule has 1 N–H and O–H groups in total. The van der Waals surface area contributed by atoms with Crippen LogP contribution in [-0.4, -0.2) is 30.6 Å². The van der Waals surface area contributed by atoms with Gasteiger partial charge in [0, 0.05) is 24.3 Å². The van der Waals surface area contributed by atoms with Crippen molar-refractivity contribution in [1.29, 1.82) is 0 Å². The zero-order valence-corrected chi connectivity index (χ0v) is 12.2. The van der Waals surface area contributed by atoms with E-state index in [0.29, 0.717) is 17.2 Å². The number of nitrogens with one attached hydrogen (secondary N) is 1. The molecule has 6 heteroatoms. The molecule has 116 valence electrons. The highest BCUT2D eigenvalue weighted by molar-refractivity contribution is 5.90. The Hall–Kier alpha value is -1.85. The number of carbonyl (C=O) groups is 1. The number of rotatable bonds is 3. The van der Waals surface area contributed by atoms with E-state index in [2.05, 4.69) is 17.0 Å². The topological polar surface area (TPSA) is 41.6 Å². The minimum Gasteiger partial charge on any atom is -0.434 e. The summed E-state index contributed by atoms with van der Waals surface area (Å²) in [6.07, 6.45) is 2.11. The first-order valence-electron chi connectivity index (χ1n) is 7.07. The second-order valence-corrected chi connectivity index (χ2v) is 5.43. The molecule has 0 saturated carbocycles. The summed E-state index contributed by atoms with van der Waals surface area (Å²) in [5, 5.41) is 2.78. The van der Waals surface area contributed by atoms with E-state index >= 15 is 0 Å². The average Bonchev–Trinajstić information content (AvgIpc) is 2.42. The van der Waals surface area contributed by atoms with Gasteiger partial charge in [-0.3, -0.25) is 0 Å². The largest absolute Gasteiger partial charge is 0.434 e. The van der Waals surface area contributed by atoms with Crippen molar-refractivity contribution < 1.29 is 18.3 Å². The number of hydrogen-bond acceptors (Lipinski definition) is 2. The Kier molecular flexibility index (Phi) is 4.98. The first kappa shape index (κ1) is 15.5. The molecule has 1 aromatic rings. The zero-order chi connectivity index (χ0) is 15.4. The molecule has 0 spiro atoms. The van der Waals surface area contributed by atoms with E-state index in [-0.39, 0.29) is 11.8 Å². The van der Waals surface area contributed by atoms with Crippen molar-refractivity contribution >= 4 is 11.7 Å². The number of halogens is 2. The molecule has 0 radical (unpaired) electrons. The Balaban J connectivity index is 2.06. The molecule has 1 aromatic carbocycles. The summed E-state index contributed by atoms with van der Waals surface area (Å²) < 4.78 is 29.1. The van der Waals surface area contributed by atoms with Gasteiger partial charge in [0.25, 0.3) is 0 Å². The summed E-state index contributed by atoms with van der Waals surface area (Å²) in [7, 11) is 0. The lowest BCUT2D eigenvalue weighted by Crippen LogP contribution is -2.41. The number of amides is 2. The number of anilines is 1. The van der Waals surface area contributed by atoms with Crippen LogP contribution in [0, 0.1) is 12.8 Å². The van der Waals surface area contributed by atoms with Crippen molar-refractivity contribution in [1.82, 2.24) is 4.90 Å². The van der Waals surface area contributed by atoms with E-state index in [1.165, 1.54) is 6.07 Å². The molecule has 2 rings (SSSR count). The van der Waals surface area contributed by atoms with E-state index < -0.39 is 6.61 Å². The molecule has 1 aliphatic rings. The molecule has 2 amide bonds. The highest BCUT2D eigenvalue weighted by atomic mass is 19.3. The highest BCUT2D eigenvalue weighted by Crippen LogP contribution is 2.27. The predicted octanol–water partition coefficient (Wildman–Crippen LogP) is 3.86. The van der Waals surface area contributed by atoms with Gasteiger partial charge in [-0.15, -0.1) is 0 Å². The van der Waals surface area contributed by atoms with Crippen LogP contribution in [-0.2, 0) is 0 Å². The Morgan fingerprint density at radius 2 is 2.24 bits per heavy atom. The molecule has 0 aromatic heterocycles. The van der Waals surface area contributed by atoms with Gasteiger partial charge in [0.2, 0.25) is 0 Å². The summed E-state index contributed by atoms with van der Waals surface area (Å²) in [4.78, 5) is 14.0. The number of piperidine rings is 1. The molecule has 21 heavy (non-hydrogen) atoms. The Morgan fingerprint density at radius 1 is 1.48 bits per heavy atom. The first-order chi connectivity index (χ1) is 9.97. The summed E-state index contributed by atoms with van der Waals surface area (Å²) in [5.41, 5.74) is 0.993. The van der Waals surface area contributed by atoms with Gasteiger partial charge in [0.15, 0.2) is 0 Å². The maximum atomic E-state index is 12.3. The summed E-state index contributed by atoms with van der Waals surface area (Å²) >= 11 is 0. The quantitative estimate of drug-likeness (QED) is 0.920. The van der Waals surface area contributed by atoms with Crippen LogP contribution in [0.15, 0.2) is 18.2 Å². The maximum absolute atomic E-state index is 12.3. The normalized spacial score (nSPS) is 18.7. The van der Waals surface area contributed by atoms with E-state index in [4.69, 9.17) is 0 Å². The lowest BCUT2D eigenvalue weighted by Gasteiger charge is -2.31. The fourth-order valence-electron chi connectivity index (χ4n) is 2.54. The van der Waals surface area contributed by atoms with Gasteiger partial charge in [-0.1, -0.05) is 13.0 Å². The highest BCUT2D eigenvalue weighted by Gasteiger charge is 2.21. The summed E-state index contributed by atoms with van der Waals surface area (Å²) in [6, 6.07) is 4.52. The molecule has 1 heterocycles. The van der Waals surface area contributed by atoms with Crippen LogP contribution < -0.4 is 10.1 Å². The van der Waals surface area contributed by atoms with Gasteiger partial charge < -0.3 is 15.0 Å². The average molecular weight is 298 g/mol. The lowest BCUT2D eigenvalue weighted by molar-refractivity contribution is -0.0502. The van der Waals surface area contributed by atoms with Gasteiger partial charge in [-0.2, -0.15) is 8.78 Å². The number of alkyl halides is 2. The molecule has 1 saturated heterocycles. The molecule has 0 aliphatic carbocycles. The maximum Gasteiger partial charge on any atom is 0.387 e. The molecule has 1 aliphatic heterocycles. The molecule has 1 fully saturated rings. The van der Waals surface area contributed by atoms with Gasteiger partial charge in [-0.05, 0) is 37.8 Å². The molecule has 0 bridgehead atoms. The second kappa shape index (κ2) is 6.74. The van der Waals surface area contributed by atoms with E-state index in [0.717, 1.165) is 25.9 Å². The van der Waals surface area contributed by atoms with Gasteiger partial charge >= 0.3 is 12.6 Å². The van der Waals surface area contributed by atoms with Crippen LogP contribution in [0.3, 0.4) is 0 Å². The van der Waals surface area contributed by atoms with Crippen molar-refractivity contribution in [3.8, 4) is 5.75 Å². The van der Waals surface area contributed by atoms with Gasteiger partial charge in [-0.25, -0.2) is 4.79 Å². The Labute approximate surface area is 123 Å². The Bertz CT molecular complexity index is 508. The van der Waals surface area contributed by atoms with Crippen molar-refractivity contribution in [3.63, 3.8) is 0 Å². The third-order valence-electron chi connectivity index (χ3n) is 3.69. The number of ether oxygens (including phenoxy) is 1. The van der Waals surface area contributed by atoms with Crippen molar-refractivity contribution in [2.75, 3.05) is 18.4 Å². The summed E-state index contributed by atoms with van der Waals surface area (Å²) in [6.45, 7) is 2.33. The van der Waals surface area contributed by atoms with Crippen LogP contribution in [0.5, 0.6) is 5.75 Å². The van der Waals surface area contributed by atoms with Crippen LogP contribution >= 0.6 is 0 Å². The number of carbonyl (C=O) groups excluding carboxylic acids is 1. The second-order valence-electron chi connectivity index (χ2n) is 5.43. The van der Waals surface area contributed by atoms with Crippen molar-refractivity contribution in [3.05, 3.63) is 23.8 Å². The van der Waals surface area contributed by atoms with Crippen LogP contribution in [0.1, 0.15) is 25.3 Å². The minimum absolute atomic E-state index is 0.0785. The van der Waals surface area contributed by atoms with E-state index in [9.17, 15) is 13.6 Å². The van der Waals surface area contributed by atoms with Gasteiger partial charge in [0.05, 0.1) is 0 Å². The number of benzene rings is 1. The number of nitrogens with zero attached hydrogens (tertiary/aromatic N) is 1. The minimum atomic E-state index is -2.88. The van der Waals surface area contributed by atoms with Gasteiger partial charge in [0.1, 0.15) is 5.75 Å². The van der Waals surface area contributed by atoms with Crippen LogP contribution in [0.25, 0.3) is 0 Å². The van der Waals surface area contributed by atoms with E-state index in [1.807, 2.05) is 0 Å². The fraction of sp³-hybridized carbons (Fsp3) is 0.533. The number of urea groups is 1. The van der Waals surface area contributed by atoms with Crippen molar-refractivity contribution in [2.45, 2.75) is 33.3 Å². The summed E-state index contributed by atoms with van der Waals surface area (Å²) in [5.74, 6) is 0.564. The molecule has 4 nitrogen and oxygen atoms in total.